The van der Waals surface area contributed by atoms with E-state index in [1.807, 2.05) is 19.1 Å². The second-order valence-corrected chi connectivity index (χ2v) is 10.2. The second kappa shape index (κ2) is 9.93. The molecule has 2 aliphatic rings. The van der Waals surface area contributed by atoms with Gasteiger partial charge in [0.25, 0.3) is 0 Å². The number of benzene rings is 2. The zero-order valence-corrected chi connectivity index (χ0v) is 19.5. The summed E-state index contributed by atoms with van der Waals surface area (Å²) in [6.45, 7) is 3.85. The third kappa shape index (κ3) is 5.20. The smallest absolute Gasteiger partial charge is 0.243 e. The summed E-state index contributed by atoms with van der Waals surface area (Å²) in [4.78, 5) is 27.1. The number of rotatable bonds is 7. The van der Waals surface area contributed by atoms with Gasteiger partial charge >= 0.3 is 0 Å². The number of ether oxygens (including phenoxy) is 1. The normalized spacial score (nSPS) is 19.5. The summed E-state index contributed by atoms with van der Waals surface area (Å²) in [6, 6.07) is 13.5. The van der Waals surface area contributed by atoms with Gasteiger partial charge in [-0.25, -0.2) is 8.42 Å². The Hall–Kier alpha value is -2.91. The Morgan fingerprint density at radius 2 is 1.70 bits per heavy atom. The van der Waals surface area contributed by atoms with Crippen LogP contribution in [0.2, 0.25) is 0 Å². The minimum atomic E-state index is -3.51. The van der Waals surface area contributed by atoms with Gasteiger partial charge in [0, 0.05) is 37.4 Å². The van der Waals surface area contributed by atoms with Gasteiger partial charge in [0.05, 0.1) is 17.4 Å². The minimum Gasteiger partial charge on any atom is -0.494 e. The fourth-order valence-corrected chi connectivity index (χ4v) is 5.75. The molecule has 2 fully saturated rings. The molecule has 0 unspecified atom stereocenters. The van der Waals surface area contributed by atoms with Crippen molar-refractivity contribution in [2.75, 3.05) is 36.5 Å². The molecule has 0 saturated carbocycles. The molecule has 0 radical (unpaired) electrons. The van der Waals surface area contributed by atoms with Gasteiger partial charge in [-0.2, -0.15) is 4.31 Å². The van der Waals surface area contributed by atoms with Crippen molar-refractivity contribution in [2.24, 2.45) is 5.92 Å². The molecule has 33 heavy (non-hydrogen) atoms. The van der Waals surface area contributed by atoms with Crippen molar-refractivity contribution in [3.05, 3.63) is 48.5 Å². The van der Waals surface area contributed by atoms with E-state index in [1.54, 1.807) is 29.2 Å². The Bertz CT molecular complexity index is 1090. The van der Waals surface area contributed by atoms with Crippen molar-refractivity contribution >= 4 is 33.2 Å². The van der Waals surface area contributed by atoms with Crippen LogP contribution >= 0.6 is 0 Å². The van der Waals surface area contributed by atoms with E-state index in [0.717, 1.165) is 30.7 Å². The molecule has 0 bridgehead atoms. The Balaban J connectivity index is 1.37. The van der Waals surface area contributed by atoms with Crippen LogP contribution < -0.4 is 15.0 Å². The molecule has 1 atom stereocenters. The fraction of sp³-hybridized carbons (Fsp3) is 0.417. The van der Waals surface area contributed by atoms with E-state index < -0.39 is 15.9 Å². The first-order chi connectivity index (χ1) is 15.9. The molecule has 9 heteroatoms. The lowest BCUT2D eigenvalue weighted by Gasteiger charge is -2.25. The summed E-state index contributed by atoms with van der Waals surface area (Å²) >= 11 is 0. The first-order valence-electron chi connectivity index (χ1n) is 11.3. The molecule has 8 nitrogen and oxygen atoms in total. The average Bonchev–Trinajstić information content (AvgIpc) is 3.22. The number of hydrogen-bond acceptors (Lipinski definition) is 5. The Kier molecular flexibility index (Phi) is 6.99. The summed E-state index contributed by atoms with van der Waals surface area (Å²) < 4.78 is 32.5. The van der Waals surface area contributed by atoms with Gasteiger partial charge in [-0.15, -0.1) is 0 Å². The number of carbonyl (C=O) groups excluding carboxylic acids is 2. The molecule has 1 N–H and O–H groups in total. The van der Waals surface area contributed by atoms with E-state index >= 15 is 0 Å². The molecule has 4 rings (SSSR count). The molecule has 0 spiro atoms. The van der Waals surface area contributed by atoms with Crippen LogP contribution in [0, 0.1) is 5.92 Å². The van der Waals surface area contributed by atoms with Gasteiger partial charge in [0.15, 0.2) is 0 Å². The maximum atomic E-state index is 12.8. The van der Waals surface area contributed by atoms with Gasteiger partial charge in [-0.05, 0) is 68.3 Å². The Morgan fingerprint density at radius 1 is 1.03 bits per heavy atom. The highest BCUT2D eigenvalue weighted by Crippen LogP contribution is 2.28. The van der Waals surface area contributed by atoms with Gasteiger partial charge in [-0.3, -0.25) is 9.59 Å². The number of piperidine rings is 1. The second-order valence-electron chi connectivity index (χ2n) is 8.31. The van der Waals surface area contributed by atoms with Crippen LogP contribution in [0.4, 0.5) is 11.4 Å². The van der Waals surface area contributed by atoms with E-state index in [0.29, 0.717) is 31.9 Å². The standard InChI is InChI=1S/C24H29N3O5S/c1-2-32-21-10-8-20(9-11-21)27-17-18(16-23(27)28)24(29)25-19-6-12-22(13-7-19)33(30,31)26-14-4-3-5-15-26/h6-13,18H,2-5,14-17H2,1H3,(H,25,29)/t18-/m0/s1. The summed E-state index contributed by atoms with van der Waals surface area (Å²) in [5.41, 5.74) is 1.23. The molecule has 176 valence electrons. The molecule has 0 aromatic heterocycles. The van der Waals surface area contributed by atoms with Gasteiger partial charge in [0.2, 0.25) is 21.8 Å². The van der Waals surface area contributed by atoms with E-state index in [4.69, 9.17) is 4.74 Å². The first kappa shape index (κ1) is 23.3. The average molecular weight is 472 g/mol. The Labute approximate surface area is 194 Å². The maximum Gasteiger partial charge on any atom is 0.243 e. The molecule has 2 aromatic carbocycles. The number of sulfonamides is 1. The first-order valence-corrected chi connectivity index (χ1v) is 12.8. The maximum absolute atomic E-state index is 12.8. The van der Waals surface area contributed by atoms with E-state index in [-0.39, 0.29) is 23.1 Å². The molecule has 2 aliphatic heterocycles. The monoisotopic (exact) mass is 471 g/mol. The topological polar surface area (TPSA) is 96.0 Å². The number of nitrogens with one attached hydrogen (secondary N) is 1. The van der Waals surface area contributed by atoms with Gasteiger partial charge < -0.3 is 15.0 Å². The van der Waals surface area contributed by atoms with Crippen LogP contribution in [-0.2, 0) is 19.6 Å². The van der Waals surface area contributed by atoms with Crippen LogP contribution in [-0.4, -0.2) is 50.8 Å². The Morgan fingerprint density at radius 3 is 2.33 bits per heavy atom. The van der Waals surface area contributed by atoms with Crippen LogP contribution in [0.3, 0.4) is 0 Å². The predicted molar refractivity (Wildman–Crippen MR) is 126 cm³/mol. The number of hydrogen-bond donors (Lipinski definition) is 1. The number of carbonyl (C=O) groups is 2. The van der Waals surface area contributed by atoms with E-state index in [9.17, 15) is 18.0 Å². The van der Waals surface area contributed by atoms with Crippen LogP contribution in [0.15, 0.2) is 53.4 Å². The molecule has 2 saturated heterocycles. The number of nitrogens with zero attached hydrogens (tertiary/aromatic N) is 2. The van der Waals surface area contributed by atoms with E-state index in [1.165, 1.54) is 16.4 Å². The lowest BCUT2D eigenvalue weighted by molar-refractivity contribution is -0.122. The summed E-state index contributed by atoms with van der Waals surface area (Å²) in [5, 5.41) is 2.81. The van der Waals surface area contributed by atoms with Crippen molar-refractivity contribution in [3.8, 4) is 5.75 Å². The summed E-state index contributed by atoms with van der Waals surface area (Å²) in [7, 11) is -3.51. The van der Waals surface area contributed by atoms with Crippen molar-refractivity contribution in [3.63, 3.8) is 0 Å². The van der Waals surface area contributed by atoms with Crippen LogP contribution in [0.25, 0.3) is 0 Å². The molecule has 2 amide bonds. The van der Waals surface area contributed by atoms with Crippen LogP contribution in [0.1, 0.15) is 32.6 Å². The SMILES string of the molecule is CCOc1ccc(N2C[C@@H](C(=O)Nc3ccc(S(=O)(=O)N4CCCCC4)cc3)CC2=O)cc1. The zero-order valence-electron chi connectivity index (χ0n) is 18.7. The fourth-order valence-electron chi connectivity index (χ4n) is 4.23. The summed E-state index contributed by atoms with van der Waals surface area (Å²) in [5.74, 6) is -0.125. The van der Waals surface area contributed by atoms with Gasteiger partial charge in [0.1, 0.15) is 5.75 Å². The molecular weight excluding hydrogens is 442 g/mol. The molecular formula is C24H29N3O5S. The summed E-state index contributed by atoms with van der Waals surface area (Å²) in [6.07, 6.45) is 2.93. The highest BCUT2D eigenvalue weighted by atomic mass is 32.2. The van der Waals surface area contributed by atoms with E-state index in [2.05, 4.69) is 5.32 Å². The lowest BCUT2D eigenvalue weighted by atomic mass is 10.1. The minimum absolute atomic E-state index is 0.109. The van der Waals surface area contributed by atoms with Crippen LogP contribution in [0.5, 0.6) is 5.75 Å². The highest BCUT2D eigenvalue weighted by molar-refractivity contribution is 7.89. The molecule has 0 aliphatic carbocycles. The van der Waals surface area contributed by atoms with Crippen molar-refractivity contribution < 1.29 is 22.7 Å². The third-order valence-electron chi connectivity index (χ3n) is 6.03. The predicted octanol–water partition coefficient (Wildman–Crippen LogP) is 3.25. The lowest BCUT2D eigenvalue weighted by Crippen LogP contribution is -2.35. The zero-order chi connectivity index (χ0) is 23.4. The van der Waals surface area contributed by atoms with Gasteiger partial charge in [-0.1, -0.05) is 6.42 Å². The number of anilines is 2. The molecule has 2 heterocycles. The third-order valence-corrected chi connectivity index (χ3v) is 7.94. The van der Waals surface area contributed by atoms with Crippen molar-refractivity contribution in [1.82, 2.24) is 4.31 Å². The van der Waals surface area contributed by atoms with Crippen molar-refractivity contribution in [2.45, 2.75) is 37.5 Å². The highest BCUT2D eigenvalue weighted by Gasteiger charge is 2.35. The van der Waals surface area contributed by atoms with Crippen molar-refractivity contribution in [1.29, 1.82) is 0 Å². The molecule has 2 aromatic rings. The number of amides is 2. The quantitative estimate of drug-likeness (QED) is 0.669. The largest absolute Gasteiger partial charge is 0.494 e.